The third-order valence-electron chi connectivity index (χ3n) is 4.02. The lowest BCUT2D eigenvalue weighted by Crippen LogP contribution is -2.11. The molecule has 0 spiro atoms. The van der Waals surface area contributed by atoms with Gasteiger partial charge in [0.2, 0.25) is 5.88 Å². The summed E-state index contributed by atoms with van der Waals surface area (Å²) in [6.07, 6.45) is 9.02. The van der Waals surface area contributed by atoms with Crippen molar-refractivity contribution in [3.05, 3.63) is 12.2 Å². The van der Waals surface area contributed by atoms with E-state index in [0.29, 0.717) is 17.8 Å². The van der Waals surface area contributed by atoms with E-state index in [1.165, 1.54) is 44.9 Å². The van der Waals surface area contributed by atoms with Gasteiger partial charge in [0.05, 0.1) is 13.0 Å². The summed E-state index contributed by atoms with van der Waals surface area (Å²) < 4.78 is 7.49. The maximum Gasteiger partial charge on any atom is 0.245 e. The fourth-order valence-corrected chi connectivity index (χ4v) is 3.27. The number of alkyl halides is 1. The van der Waals surface area contributed by atoms with Crippen LogP contribution in [0.2, 0.25) is 0 Å². The van der Waals surface area contributed by atoms with Gasteiger partial charge in [0, 0.05) is 6.04 Å². The molecule has 3 rings (SSSR count). The van der Waals surface area contributed by atoms with Crippen LogP contribution in [0.1, 0.15) is 50.4 Å². The number of fused-ring (bicyclic) bond motifs is 1. The van der Waals surface area contributed by atoms with Crippen LogP contribution in [0.5, 0.6) is 5.88 Å². The summed E-state index contributed by atoms with van der Waals surface area (Å²) in [5.41, 5.74) is 1.56. The highest BCUT2D eigenvalue weighted by Crippen LogP contribution is 2.33. The normalized spacial score (nSPS) is 17.3. The molecular formula is C14H19ClN4O. The van der Waals surface area contributed by atoms with Crippen molar-refractivity contribution in [2.45, 2.75) is 50.4 Å². The quantitative estimate of drug-likeness (QED) is 0.642. The van der Waals surface area contributed by atoms with Crippen LogP contribution in [0.4, 0.5) is 0 Å². The van der Waals surface area contributed by atoms with Crippen LogP contribution in [-0.2, 0) is 5.88 Å². The predicted octanol–water partition coefficient (Wildman–Crippen LogP) is 3.47. The van der Waals surface area contributed by atoms with Crippen molar-refractivity contribution >= 4 is 22.8 Å². The molecule has 1 aliphatic carbocycles. The van der Waals surface area contributed by atoms with Crippen molar-refractivity contribution in [2.75, 3.05) is 7.11 Å². The molecule has 2 heterocycles. The molecule has 0 N–H and O–H groups in total. The summed E-state index contributed by atoms with van der Waals surface area (Å²) in [6.45, 7) is 0. The second-order valence-corrected chi connectivity index (χ2v) is 5.50. The smallest absolute Gasteiger partial charge is 0.245 e. The van der Waals surface area contributed by atoms with E-state index in [0.717, 1.165) is 17.0 Å². The number of halogens is 1. The Kier molecular flexibility index (Phi) is 4.05. The molecule has 0 bridgehead atoms. The van der Waals surface area contributed by atoms with Gasteiger partial charge in [-0.15, -0.1) is 11.6 Å². The van der Waals surface area contributed by atoms with Gasteiger partial charge in [-0.05, 0) is 12.8 Å². The zero-order valence-corrected chi connectivity index (χ0v) is 12.4. The topological polar surface area (TPSA) is 52.8 Å². The van der Waals surface area contributed by atoms with Crippen LogP contribution in [-0.4, -0.2) is 26.6 Å². The van der Waals surface area contributed by atoms with Gasteiger partial charge in [-0.3, -0.25) is 0 Å². The van der Waals surface area contributed by atoms with Gasteiger partial charge in [-0.25, -0.2) is 9.97 Å². The van der Waals surface area contributed by atoms with Crippen LogP contribution in [0.25, 0.3) is 11.2 Å². The summed E-state index contributed by atoms with van der Waals surface area (Å²) in [6, 6.07) is 0.441. The first-order valence-electron chi connectivity index (χ1n) is 7.17. The van der Waals surface area contributed by atoms with Gasteiger partial charge in [-0.1, -0.05) is 25.7 Å². The lowest BCUT2D eigenvalue weighted by atomic mass is 10.1. The predicted molar refractivity (Wildman–Crippen MR) is 78.2 cm³/mol. The van der Waals surface area contributed by atoms with E-state index in [2.05, 4.69) is 19.5 Å². The van der Waals surface area contributed by atoms with Crippen LogP contribution < -0.4 is 4.74 Å². The number of aromatic nitrogens is 4. The fraction of sp³-hybridized carbons (Fsp3) is 0.643. The van der Waals surface area contributed by atoms with E-state index < -0.39 is 0 Å². The molecule has 0 saturated heterocycles. The molecule has 108 valence electrons. The van der Waals surface area contributed by atoms with Crippen molar-refractivity contribution in [3.63, 3.8) is 0 Å². The minimum Gasteiger partial charge on any atom is -0.479 e. The van der Waals surface area contributed by atoms with Gasteiger partial charge in [-0.2, -0.15) is 4.98 Å². The van der Waals surface area contributed by atoms with Crippen molar-refractivity contribution in [1.82, 2.24) is 19.5 Å². The standard InChI is InChI=1S/C14H19ClN4O/c1-20-14-12-13(16-9-17-14)19(11(8-15)18-12)10-6-4-2-3-5-7-10/h9-10H,2-8H2,1H3. The molecule has 20 heavy (non-hydrogen) atoms. The molecule has 1 saturated carbocycles. The van der Waals surface area contributed by atoms with Crippen LogP contribution in [0.3, 0.4) is 0 Å². The first-order chi connectivity index (χ1) is 9.85. The molecular weight excluding hydrogens is 276 g/mol. The minimum absolute atomic E-state index is 0.385. The molecule has 1 aliphatic rings. The molecule has 0 aliphatic heterocycles. The summed E-state index contributed by atoms with van der Waals surface area (Å²) in [7, 11) is 1.60. The lowest BCUT2D eigenvalue weighted by molar-refractivity contribution is 0.401. The first kappa shape index (κ1) is 13.6. The number of hydrogen-bond donors (Lipinski definition) is 0. The maximum absolute atomic E-state index is 6.09. The Morgan fingerprint density at radius 3 is 2.65 bits per heavy atom. The Morgan fingerprint density at radius 1 is 1.25 bits per heavy atom. The van der Waals surface area contributed by atoms with Gasteiger partial charge >= 0.3 is 0 Å². The minimum atomic E-state index is 0.385. The first-order valence-corrected chi connectivity index (χ1v) is 7.70. The van der Waals surface area contributed by atoms with E-state index >= 15 is 0 Å². The molecule has 2 aromatic rings. The number of rotatable bonds is 3. The Hall–Kier alpha value is -1.36. The SMILES string of the molecule is COc1ncnc2c1nc(CCl)n2C1CCCCCC1. The van der Waals surface area contributed by atoms with E-state index in [1.807, 2.05) is 0 Å². The highest BCUT2D eigenvalue weighted by molar-refractivity contribution is 6.16. The van der Waals surface area contributed by atoms with Crippen molar-refractivity contribution in [2.24, 2.45) is 0 Å². The van der Waals surface area contributed by atoms with Crippen LogP contribution in [0, 0.1) is 0 Å². The van der Waals surface area contributed by atoms with Crippen LogP contribution >= 0.6 is 11.6 Å². The summed E-state index contributed by atoms with van der Waals surface area (Å²) >= 11 is 6.09. The maximum atomic E-state index is 6.09. The van der Waals surface area contributed by atoms with E-state index in [4.69, 9.17) is 16.3 Å². The van der Waals surface area contributed by atoms with E-state index in [1.54, 1.807) is 7.11 Å². The molecule has 0 amide bonds. The van der Waals surface area contributed by atoms with E-state index in [9.17, 15) is 0 Å². The molecule has 1 fully saturated rings. The van der Waals surface area contributed by atoms with Crippen molar-refractivity contribution in [3.8, 4) is 5.88 Å². The largest absolute Gasteiger partial charge is 0.479 e. The van der Waals surface area contributed by atoms with Crippen molar-refractivity contribution in [1.29, 1.82) is 0 Å². The zero-order valence-electron chi connectivity index (χ0n) is 11.7. The van der Waals surface area contributed by atoms with Gasteiger partial charge < -0.3 is 9.30 Å². The second kappa shape index (κ2) is 5.95. The number of ether oxygens (including phenoxy) is 1. The second-order valence-electron chi connectivity index (χ2n) is 5.23. The summed E-state index contributed by atoms with van der Waals surface area (Å²) in [4.78, 5) is 13.1. The fourth-order valence-electron chi connectivity index (χ4n) is 3.08. The summed E-state index contributed by atoms with van der Waals surface area (Å²) in [5, 5.41) is 0. The lowest BCUT2D eigenvalue weighted by Gasteiger charge is -2.18. The highest BCUT2D eigenvalue weighted by Gasteiger charge is 2.22. The van der Waals surface area contributed by atoms with Gasteiger partial charge in [0.25, 0.3) is 0 Å². The third-order valence-corrected chi connectivity index (χ3v) is 4.26. The molecule has 0 radical (unpaired) electrons. The zero-order chi connectivity index (χ0) is 13.9. The molecule has 6 heteroatoms. The summed E-state index contributed by atoms with van der Waals surface area (Å²) in [5.74, 6) is 1.77. The molecule has 0 aromatic carbocycles. The average molecular weight is 295 g/mol. The monoisotopic (exact) mass is 294 g/mol. The Labute approximate surface area is 123 Å². The Morgan fingerprint density at radius 2 is 2.00 bits per heavy atom. The third kappa shape index (κ3) is 2.35. The molecule has 2 aromatic heterocycles. The molecule has 0 atom stereocenters. The number of nitrogens with zero attached hydrogens (tertiary/aromatic N) is 4. The molecule has 5 nitrogen and oxygen atoms in total. The van der Waals surface area contributed by atoms with Gasteiger partial charge in [0.1, 0.15) is 12.2 Å². The number of methoxy groups -OCH3 is 1. The Balaban J connectivity index is 2.12. The number of imidazole rings is 1. The molecule has 0 unspecified atom stereocenters. The Bertz CT molecular complexity index is 590. The number of hydrogen-bond acceptors (Lipinski definition) is 4. The van der Waals surface area contributed by atoms with Crippen molar-refractivity contribution < 1.29 is 4.74 Å². The van der Waals surface area contributed by atoms with Gasteiger partial charge in [0.15, 0.2) is 11.2 Å². The highest BCUT2D eigenvalue weighted by atomic mass is 35.5. The average Bonchev–Trinajstić information content (AvgIpc) is 2.67. The van der Waals surface area contributed by atoms with Crippen LogP contribution in [0.15, 0.2) is 6.33 Å². The van der Waals surface area contributed by atoms with E-state index in [-0.39, 0.29) is 0 Å².